The molecule has 0 fully saturated rings. The lowest BCUT2D eigenvalue weighted by Gasteiger charge is -2.22. The minimum Gasteiger partial charge on any atom is -0.342 e. The van der Waals surface area contributed by atoms with Crippen molar-refractivity contribution in [3.63, 3.8) is 0 Å². The highest BCUT2D eigenvalue weighted by Gasteiger charge is 2.16. The number of halogens is 1. The van der Waals surface area contributed by atoms with Gasteiger partial charge in [0.2, 0.25) is 0 Å². The van der Waals surface area contributed by atoms with Crippen molar-refractivity contribution in [3.8, 4) is 0 Å². The Labute approximate surface area is 130 Å². The first-order valence-corrected chi connectivity index (χ1v) is 7.59. The van der Waals surface area contributed by atoms with Crippen molar-refractivity contribution < 1.29 is 9.18 Å². The van der Waals surface area contributed by atoms with Gasteiger partial charge in [-0.05, 0) is 41.3 Å². The molecule has 2 aromatic rings. The van der Waals surface area contributed by atoms with E-state index in [-0.39, 0.29) is 17.8 Å². The predicted molar refractivity (Wildman–Crippen MR) is 88.3 cm³/mol. The first-order chi connectivity index (χ1) is 10.4. The summed E-state index contributed by atoms with van der Waals surface area (Å²) >= 11 is 0. The zero-order valence-corrected chi connectivity index (χ0v) is 13.3. The Morgan fingerprint density at radius 1 is 1.27 bits per heavy atom. The Kier molecular flexibility index (Phi) is 5.14. The summed E-state index contributed by atoms with van der Waals surface area (Å²) in [6.07, 6.45) is 0.763. The number of carbonyl (C=O) groups is 1. The van der Waals surface area contributed by atoms with Gasteiger partial charge in [0.1, 0.15) is 5.82 Å². The first-order valence-electron chi connectivity index (χ1n) is 7.59. The van der Waals surface area contributed by atoms with Crippen molar-refractivity contribution in [1.82, 2.24) is 4.90 Å². The van der Waals surface area contributed by atoms with Gasteiger partial charge in [-0.1, -0.05) is 32.0 Å². The molecule has 118 valence electrons. The number of hydrogen-bond donors (Lipinski definition) is 1. The molecule has 0 aliphatic rings. The molecule has 0 unspecified atom stereocenters. The zero-order valence-electron chi connectivity index (χ0n) is 13.3. The van der Waals surface area contributed by atoms with E-state index >= 15 is 0 Å². The maximum atomic E-state index is 13.3. The largest absolute Gasteiger partial charge is 0.342 e. The standard InChI is InChI=1S/C18H23FN2O/c1-12(2)17(20)9-10-21(3)18(22)16-6-4-5-13-11-14(19)7-8-15(13)16/h4-8,11-12,17H,9-10,20H2,1-3H3/t17-/m0/s1. The average Bonchev–Trinajstić information content (AvgIpc) is 2.50. The number of carbonyl (C=O) groups excluding carboxylic acids is 1. The van der Waals surface area contributed by atoms with Gasteiger partial charge in [0.15, 0.2) is 0 Å². The van der Waals surface area contributed by atoms with E-state index in [1.807, 2.05) is 6.07 Å². The number of rotatable bonds is 5. The van der Waals surface area contributed by atoms with Crippen LogP contribution in [0, 0.1) is 11.7 Å². The molecule has 0 aromatic heterocycles. The van der Waals surface area contributed by atoms with Crippen LogP contribution >= 0.6 is 0 Å². The molecule has 1 atom stereocenters. The topological polar surface area (TPSA) is 46.3 Å². The van der Waals surface area contributed by atoms with Crippen molar-refractivity contribution in [1.29, 1.82) is 0 Å². The first kappa shape index (κ1) is 16.4. The van der Waals surface area contributed by atoms with E-state index in [1.165, 1.54) is 12.1 Å². The van der Waals surface area contributed by atoms with Crippen LogP contribution in [0.4, 0.5) is 4.39 Å². The highest BCUT2D eigenvalue weighted by atomic mass is 19.1. The number of hydrogen-bond acceptors (Lipinski definition) is 2. The minimum absolute atomic E-state index is 0.0619. The molecule has 0 saturated carbocycles. The fourth-order valence-electron chi connectivity index (χ4n) is 2.42. The highest BCUT2D eigenvalue weighted by molar-refractivity contribution is 6.06. The Morgan fingerprint density at radius 3 is 2.68 bits per heavy atom. The van der Waals surface area contributed by atoms with Crippen molar-refractivity contribution in [2.75, 3.05) is 13.6 Å². The van der Waals surface area contributed by atoms with Crippen molar-refractivity contribution in [2.24, 2.45) is 11.7 Å². The molecule has 4 heteroatoms. The molecule has 0 radical (unpaired) electrons. The fourth-order valence-corrected chi connectivity index (χ4v) is 2.42. The summed E-state index contributed by atoms with van der Waals surface area (Å²) in [4.78, 5) is 14.3. The molecular formula is C18H23FN2O. The molecule has 1 amide bonds. The van der Waals surface area contributed by atoms with Crippen LogP contribution < -0.4 is 5.73 Å². The van der Waals surface area contributed by atoms with E-state index in [0.29, 0.717) is 18.0 Å². The van der Waals surface area contributed by atoms with Gasteiger partial charge in [0.05, 0.1) is 0 Å². The summed E-state index contributed by atoms with van der Waals surface area (Å²) in [6.45, 7) is 4.76. The summed E-state index contributed by atoms with van der Waals surface area (Å²) < 4.78 is 13.3. The van der Waals surface area contributed by atoms with Gasteiger partial charge in [-0.2, -0.15) is 0 Å². The summed E-state index contributed by atoms with van der Waals surface area (Å²) in [5.41, 5.74) is 6.63. The van der Waals surface area contributed by atoms with Crippen molar-refractivity contribution >= 4 is 16.7 Å². The van der Waals surface area contributed by atoms with Gasteiger partial charge in [0, 0.05) is 25.2 Å². The lowest BCUT2D eigenvalue weighted by Crippen LogP contribution is -2.34. The molecule has 2 aromatic carbocycles. The smallest absolute Gasteiger partial charge is 0.254 e. The molecule has 0 aliphatic heterocycles. The fraction of sp³-hybridized carbons (Fsp3) is 0.389. The Bertz CT molecular complexity index is 669. The van der Waals surface area contributed by atoms with Crippen molar-refractivity contribution in [2.45, 2.75) is 26.3 Å². The molecular weight excluding hydrogens is 279 g/mol. The Balaban J connectivity index is 2.19. The lowest BCUT2D eigenvalue weighted by atomic mass is 10.0. The molecule has 0 spiro atoms. The van der Waals surface area contributed by atoms with E-state index in [2.05, 4.69) is 13.8 Å². The van der Waals surface area contributed by atoms with Crippen LogP contribution in [0.1, 0.15) is 30.6 Å². The van der Waals surface area contributed by atoms with E-state index < -0.39 is 0 Å². The molecule has 0 bridgehead atoms. The number of nitrogens with zero attached hydrogens (tertiary/aromatic N) is 1. The summed E-state index contributed by atoms with van der Waals surface area (Å²) in [6, 6.07) is 9.94. The quantitative estimate of drug-likeness (QED) is 0.920. The minimum atomic E-state index is -0.298. The van der Waals surface area contributed by atoms with Crippen LogP contribution in [-0.2, 0) is 0 Å². The maximum absolute atomic E-state index is 13.3. The van der Waals surface area contributed by atoms with Crippen LogP contribution in [0.2, 0.25) is 0 Å². The number of benzene rings is 2. The summed E-state index contributed by atoms with van der Waals surface area (Å²) in [5, 5.41) is 1.51. The summed E-state index contributed by atoms with van der Waals surface area (Å²) in [7, 11) is 1.78. The van der Waals surface area contributed by atoms with Crippen LogP contribution in [-0.4, -0.2) is 30.4 Å². The van der Waals surface area contributed by atoms with E-state index in [1.54, 1.807) is 30.1 Å². The van der Waals surface area contributed by atoms with Crippen LogP contribution in [0.15, 0.2) is 36.4 Å². The van der Waals surface area contributed by atoms with E-state index in [4.69, 9.17) is 5.73 Å². The van der Waals surface area contributed by atoms with Crippen molar-refractivity contribution in [3.05, 3.63) is 47.8 Å². The van der Waals surface area contributed by atoms with Crippen LogP contribution in [0.5, 0.6) is 0 Å². The Hall–Kier alpha value is -1.94. The molecule has 3 nitrogen and oxygen atoms in total. The maximum Gasteiger partial charge on any atom is 0.254 e. The number of nitrogens with two attached hydrogens (primary N) is 1. The van der Waals surface area contributed by atoms with Gasteiger partial charge < -0.3 is 10.6 Å². The monoisotopic (exact) mass is 302 g/mol. The SMILES string of the molecule is CC(C)[C@@H](N)CCN(C)C(=O)c1cccc2cc(F)ccc12. The average molecular weight is 302 g/mol. The Morgan fingerprint density at radius 2 is 2.00 bits per heavy atom. The molecule has 22 heavy (non-hydrogen) atoms. The molecule has 0 saturated heterocycles. The highest BCUT2D eigenvalue weighted by Crippen LogP contribution is 2.21. The summed E-state index contributed by atoms with van der Waals surface area (Å²) in [5.74, 6) is 0.0329. The third-order valence-corrected chi connectivity index (χ3v) is 4.07. The van der Waals surface area contributed by atoms with Gasteiger partial charge in [0.25, 0.3) is 5.91 Å². The zero-order chi connectivity index (χ0) is 16.3. The lowest BCUT2D eigenvalue weighted by molar-refractivity contribution is 0.0791. The predicted octanol–water partition coefficient (Wildman–Crippen LogP) is 3.42. The van der Waals surface area contributed by atoms with Crippen LogP contribution in [0.25, 0.3) is 10.8 Å². The third-order valence-electron chi connectivity index (χ3n) is 4.07. The normalized spacial score (nSPS) is 12.6. The van der Waals surface area contributed by atoms with Gasteiger partial charge in [-0.15, -0.1) is 0 Å². The van der Waals surface area contributed by atoms with Gasteiger partial charge in [-0.3, -0.25) is 4.79 Å². The van der Waals surface area contributed by atoms with Gasteiger partial charge >= 0.3 is 0 Å². The third kappa shape index (κ3) is 3.63. The van der Waals surface area contributed by atoms with Gasteiger partial charge in [-0.25, -0.2) is 4.39 Å². The molecule has 2 rings (SSSR count). The van der Waals surface area contributed by atoms with Crippen LogP contribution in [0.3, 0.4) is 0 Å². The number of amides is 1. The molecule has 2 N–H and O–H groups in total. The van der Waals surface area contributed by atoms with E-state index in [0.717, 1.165) is 17.2 Å². The second kappa shape index (κ2) is 6.88. The molecule has 0 heterocycles. The second-order valence-electron chi connectivity index (χ2n) is 6.09. The second-order valence-corrected chi connectivity index (χ2v) is 6.09. The van der Waals surface area contributed by atoms with E-state index in [9.17, 15) is 9.18 Å². The molecule has 0 aliphatic carbocycles. The number of fused-ring (bicyclic) bond motifs is 1.